The second-order valence-corrected chi connectivity index (χ2v) is 3.49. The number of nitrogens with one attached hydrogen (secondary N) is 1. The van der Waals surface area contributed by atoms with Crippen molar-refractivity contribution in [2.75, 3.05) is 5.32 Å². The number of anilines is 1. The van der Waals surface area contributed by atoms with Crippen LogP contribution in [-0.2, 0) is 0 Å². The Morgan fingerprint density at radius 1 is 1.28 bits per heavy atom. The molecule has 1 aromatic carbocycles. The summed E-state index contributed by atoms with van der Waals surface area (Å²) in [4.78, 5) is 15.7. The van der Waals surface area contributed by atoms with Crippen molar-refractivity contribution < 1.29 is 9.18 Å². The molecule has 0 spiro atoms. The van der Waals surface area contributed by atoms with E-state index in [2.05, 4.69) is 10.3 Å². The third kappa shape index (κ3) is 2.50. The monoisotopic (exact) mass is 241 g/mol. The Morgan fingerprint density at radius 2 is 2.00 bits per heavy atom. The molecule has 1 aromatic heterocycles. The van der Waals surface area contributed by atoms with E-state index in [4.69, 9.17) is 5.26 Å². The lowest BCUT2D eigenvalue weighted by Gasteiger charge is -2.05. The minimum absolute atomic E-state index is 0.185. The number of hydrogen-bond donors (Lipinski definition) is 1. The first-order chi connectivity index (χ1) is 8.70. The van der Waals surface area contributed by atoms with Crippen LogP contribution in [0.25, 0.3) is 0 Å². The molecule has 2 rings (SSSR count). The van der Waals surface area contributed by atoms with E-state index in [1.807, 2.05) is 6.07 Å². The molecule has 1 heterocycles. The molecule has 0 aliphatic rings. The van der Waals surface area contributed by atoms with Gasteiger partial charge in [-0.1, -0.05) is 0 Å². The lowest BCUT2D eigenvalue weighted by Crippen LogP contribution is -2.13. The van der Waals surface area contributed by atoms with Gasteiger partial charge in [0.05, 0.1) is 11.1 Å². The predicted molar refractivity (Wildman–Crippen MR) is 63.3 cm³/mol. The minimum Gasteiger partial charge on any atom is -0.322 e. The molecule has 0 aliphatic carbocycles. The van der Waals surface area contributed by atoms with Crippen LogP contribution in [0, 0.1) is 17.1 Å². The van der Waals surface area contributed by atoms with E-state index in [1.54, 1.807) is 0 Å². The molecule has 88 valence electrons. The Kier molecular flexibility index (Phi) is 3.30. The number of nitrogens with zero attached hydrogens (tertiary/aromatic N) is 2. The molecular formula is C13H8FN3O. The third-order valence-corrected chi connectivity index (χ3v) is 2.29. The van der Waals surface area contributed by atoms with E-state index < -0.39 is 5.91 Å². The molecule has 2 aromatic rings. The summed E-state index contributed by atoms with van der Waals surface area (Å²) >= 11 is 0. The van der Waals surface area contributed by atoms with Crippen molar-refractivity contribution in [3.05, 3.63) is 59.7 Å². The van der Waals surface area contributed by atoms with Crippen LogP contribution >= 0.6 is 0 Å². The Labute approximate surface area is 103 Å². The maximum atomic E-state index is 12.7. The molecule has 1 N–H and O–H groups in total. The van der Waals surface area contributed by atoms with Gasteiger partial charge in [0.1, 0.15) is 11.9 Å². The van der Waals surface area contributed by atoms with Crippen molar-refractivity contribution >= 4 is 11.6 Å². The normalized spacial score (nSPS) is 9.56. The lowest BCUT2D eigenvalue weighted by atomic mass is 10.1. The van der Waals surface area contributed by atoms with Gasteiger partial charge < -0.3 is 5.32 Å². The first-order valence-corrected chi connectivity index (χ1v) is 5.12. The van der Waals surface area contributed by atoms with Crippen LogP contribution in [0.1, 0.15) is 15.9 Å². The van der Waals surface area contributed by atoms with E-state index in [1.165, 1.54) is 42.7 Å². The molecule has 0 aliphatic heterocycles. The van der Waals surface area contributed by atoms with Gasteiger partial charge in [-0.2, -0.15) is 5.26 Å². The van der Waals surface area contributed by atoms with Crippen LogP contribution in [0.15, 0.2) is 42.7 Å². The van der Waals surface area contributed by atoms with Gasteiger partial charge in [-0.3, -0.25) is 9.78 Å². The second kappa shape index (κ2) is 5.06. The predicted octanol–water partition coefficient (Wildman–Crippen LogP) is 2.34. The lowest BCUT2D eigenvalue weighted by molar-refractivity contribution is 0.102. The number of amides is 1. The number of pyridine rings is 1. The van der Waals surface area contributed by atoms with Gasteiger partial charge in [0, 0.05) is 18.1 Å². The molecule has 1 amide bonds. The van der Waals surface area contributed by atoms with Crippen LogP contribution in [-0.4, -0.2) is 10.9 Å². The van der Waals surface area contributed by atoms with Crippen LogP contribution in [0.2, 0.25) is 0 Å². The molecule has 0 fully saturated rings. The van der Waals surface area contributed by atoms with Crippen LogP contribution in [0.3, 0.4) is 0 Å². The summed E-state index contributed by atoms with van der Waals surface area (Å²) in [5.74, 6) is -0.835. The van der Waals surface area contributed by atoms with E-state index in [-0.39, 0.29) is 16.9 Å². The number of carbonyl (C=O) groups is 1. The summed E-state index contributed by atoms with van der Waals surface area (Å²) < 4.78 is 12.7. The zero-order valence-corrected chi connectivity index (χ0v) is 9.22. The van der Waals surface area contributed by atoms with Gasteiger partial charge in [0.2, 0.25) is 0 Å². The Morgan fingerprint density at radius 3 is 2.67 bits per heavy atom. The average Bonchev–Trinajstić information content (AvgIpc) is 2.41. The first kappa shape index (κ1) is 11.7. The smallest absolute Gasteiger partial charge is 0.258 e. The highest BCUT2D eigenvalue weighted by Crippen LogP contribution is 2.12. The Hall–Kier alpha value is -2.74. The van der Waals surface area contributed by atoms with E-state index in [0.29, 0.717) is 5.69 Å². The average molecular weight is 241 g/mol. The van der Waals surface area contributed by atoms with Crippen LogP contribution in [0.5, 0.6) is 0 Å². The topological polar surface area (TPSA) is 65.8 Å². The highest BCUT2D eigenvalue weighted by molar-refractivity contribution is 6.05. The number of hydrogen-bond acceptors (Lipinski definition) is 3. The van der Waals surface area contributed by atoms with Crippen molar-refractivity contribution in [1.82, 2.24) is 4.98 Å². The molecule has 5 heteroatoms. The van der Waals surface area contributed by atoms with E-state index >= 15 is 0 Å². The molecular weight excluding hydrogens is 233 g/mol. The summed E-state index contributed by atoms with van der Waals surface area (Å²) in [5, 5.41) is 11.4. The fraction of sp³-hybridized carbons (Fsp3) is 0. The summed E-state index contributed by atoms with van der Waals surface area (Å²) in [6.45, 7) is 0. The van der Waals surface area contributed by atoms with Crippen molar-refractivity contribution in [1.29, 1.82) is 5.26 Å². The van der Waals surface area contributed by atoms with Gasteiger partial charge in [-0.15, -0.1) is 0 Å². The molecule has 0 unspecified atom stereocenters. The van der Waals surface area contributed by atoms with E-state index in [0.717, 1.165) is 0 Å². The Bertz CT molecular complexity index is 617. The number of halogens is 1. The van der Waals surface area contributed by atoms with Gasteiger partial charge in [0.15, 0.2) is 0 Å². The second-order valence-electron chi connectivity index (χ2n) is 3.49. The number of carbonyl (C=O) groups excluding carboxylic acids is 1. The molecule has 0 radical (unpaired) electrons. The molecule has 4 nitrogen and oxygen atoms in total. The molecule has 0 saturated heterocycles. The van der Waals surface area contributed by atoms with E-state index in [9.17, 15) is 9.18 Å². The number of aromatic nitrogens is 1. The maximum absolute atomic E-state index is 12.7. The quantitative estimate of drug-likeness (QED) is 0.877. The van der Waals surface area contributed by atoms with Crippen molar-refractivity contribution in [3.63, 3.8) is 0 Å². The van der Waals surface area contributed by atoms with Gasteiger partial charge >= 0.3 is 0 Å². The minimum atomic E-state index is -0.453. The van der Waals surface area contributed by atoms with Crippen molar-refractivity contribution in [2.45, 2.75) is 0 Å². The van der Waals surface area contributed by atoms with Crippen molar-refractivity contribution in [3.8, 4) is 6.07 Å². The highest BCUT2D eigenvalue weighted by Gasteiger charge is 2.11. The summed E-state index contributed by atoms with van der Waals surface area (Å²) in [6, 6.07) is 8.73. The first-order valence-electron chi connectivity index (χ1n) is 5.12. The molecule has 18 heavy (non-hydrogen) atoms. The summed E-state index contributed by atoms with van der Waals surface area (Å²) in [6.07, 6.45) is 2.75. The van der Waals surface area contributed by atoms with Gasteiger partial charge in [-0.05, 0) is 30.3 Å². The van der Waals surface area contributed by atoms with Gasteiger partial charge in [-0.25, -0.2) is 4.39 Å². The zero-order valence-electron chi connectivity index (χ0n) is 9.22. The SMILES string of the molecule is N#Cc1ccncc1C(=O)Nc1ccc(F)cc1. The standard InChI is InChI=1S/C13H8FN3O/c14-10-1-3-11(4-2-10)17-13(18)12-8-16-6-5-9(12)7-15/h1-6,8H,(H,17,18). The van der Waals surface area contributed by atoms with Crippen molar-refractivity contribution in [2.24, 2.45) is 0 Å². The fourth-order valence-electron chi connectivity index (χ4n) is 1.40. The molecule has 0 bridgehead atoms. The summed E-state index contributed by atoms with van der Waals surface area (Å²) in [5.41, 5.74) is 0.878. The Balaban J connectivity index is 2.22. The number of nitriles is 1. The fourth-order valence-corrected chi connectivity index (χ4v) is 1.40. The number of benzene rings is 1. The largest absolute Gasteiger partial charge is 0.322 e. The summed E-state index contributed by atoms with van der Waals surface area (Å²) in [7, 11) is 0. The zero-order chi connectivity index (χ0) is 13.0. The van der Waals surface area contributed by atoms with Gasteiger partial charge in [0.25, 0.3) is 5.91 Å². The maximum Gasteiger partial charge on any atom is 0.258 e. The number of rotatable bonds is 2. The van der Waals surface area contributed by atoms with Crippen LogP contribution < -0.4 is 5.32 Å². The molecule has 0 atom stereocenters. The highest BCUT2D eigenvalue weighted by atomic mass is 19.1. The van der Waals surface area contributed by atoms with Crippen LogP contribution in [0.4, 0.5) is 10.1 Å². The third-order valence-electron chi connectivity index (χ3n) is 2.29. The molecule has 0 saturated carbocycles.